The summed E-state index contributed by atoms with van der Waals surface area (Å²) in [5.41, 5.74) is 1.37. The predicted molar refractivity (Wildman–Crippen MR) is 58.5 cm³/mol. The van der Waals surface area contributed by atoms with Crippen LogP contribution in [0.3, 0.4) is 0 Å². The molecular formula is C11H12N2O2. The van der Waals surface area contributed by atoms with E-state index >= 15 is 0 Å². The molecule has 0 unspecified atom stereocenters. The highest BCUT2D eigenvalue weighted by Crippen LogP contribution is 2.29. The van der Waals surface area contributed by atoms with Crippen LogP contribution >= 0.6 is 0 Å². The highest BCUT2D eigenvalue weighted by atomic mass is 16.5. The first kappa shape index (κ1) is 9.71. The fourth-order valence-electron chi connectivity index (χ4n) is 1.50. The molecule has 2 rings (SSSR count). The summed E-state index contributed by atoms with van der Waals surface area (Å²) in [6.45, 7) is 2.02. The lowest BCUT2D eigenvalue weighted by Gasteiger charge is -2.15. The van der Waals surface area contributed by atoms with Gasteiger partial charge in [-0.2, -0.15) is 5.10 Å². The molecule has 15 heavy (non-hydrogen) atoms. The van der Waals surface area contributed by atoms with Crippen molar-refractivity contribution < 1.29 is 9.53 Å². The van der Waals surface area contributed by atoms with Crippen LogP contribution in [0.5, 0.6) is 5.75 Å². The molecule has 0 bridgehead atoms. The average molecular weight is 204 g/mol. The van der Waals surface area contributed by atoms with Gasteiger partial charge in [0, 0.05) is 0 Å². The lowest BCUT2D eigenvalue weighted by Crippen LogP contribution is -2.18. The maximum Gasteiger partial charge on any atom is 0.199 e. The molecule has 4 nitrogen and oxygen atoms in total. The van der Waals surface area contributed by atoms with Gasteiger partial charge in [-0.1, -0.05) is 12.1 Å². The summed E-state index contributed by atoms with van der Waals surface area (Å²) < 4.78 is 5.21. The number of anilines is 1. The van der Waals surface area contributed by atoms with E-state index < -0.39 is 0 Å². The Balaban J connectivity index is 2.35. The van der Waals surface area contributed by atoms with Crippen LogP contribution in [0.15, 0.2) is 29.4 Å². The van der Waals surface area contributed by atoms with Crippen molar-refractivity contribution in [1.82, 2.24) is 0 Å². The summed E-state index contributed by atoms with van der Waals surface area (Å²) >= 11 is 0. The minimum Gasteiger partial charge on any atom is -0.495 e. The Bertz CT molecular complexity index is 426. The van der Waals surface area contributed by atoms with E-state index in [4.69, 9.17) is 4.74 Å². The fourth-order valence-corrected chi connectivity index (χ4v) is 1.50. The third kappa shape index (κ3) is 1.70. The van der Waals surface area contributed by atoms with E-state index in [9.17, 15) is 4.79 Å². The zero-order chi connectivity index (χ0) is 10.8. The molecule has 1 heterocycles. The number of ketones is 1. The molecule has 1 aromatic carbocycles. The molecule has 0 saturated heterocycles. The van der Waals surface area contributed by atoms with Crippen LogP contribution in [-0.4, -0.2) is 25.1 Å². The number of nitrogens with zero attached hydrogens (tertiary/aromatic N) is 2. The molecule has 0 fully saturated rings. The van der Waals surface area contributed by atoms with E-state index in [0.29, 0.717) is 12.3 Å². The molecule has 1 aromatic rings. The molecule has 1 aliphatic rings. The third-order valence-corrected chi connectivity index (χ3v) is 2.33. The van der Waals surface area contributed by atoms with Gasteiger partial charge in [-0.15, -0.1) is 0 Å². The van der Waals surface area contributed by atoms with Gasteiger partial charge in [0.25, 0.3) is 0 Å². The third-order valence-electron chi connectivity index (χ3n) is 2.33. The summed E-state index contributed by atoms with van der Waals surface area (Å²) in [7, 11) is 1.60. The monoisotopic (exact) mass is 204 g/mol. The number of benzene rings is 1. The molecular weight excluding hydrogens is 192 g/mol. The van der Waals surface area contributed by atoms with E-state index in [1.54, 1.807) is 19.0 Å². The van der Waals surface area contributed by atoms with Crippen LogP contribution in [0, 0.1) is 0 Å². The summed E-state index contributed by atoms with van der Waals surface area (Å²) in [4.78, 5) is 11.3. The Morgan fingerprint density at radius 1 is 1.40 bits per heavy atom. The normalized spacial score (nSPS) is 15.5. The number of hydrogen-bond donors (Lipinski definition) is 0. The van der Waals surface area contributed by atoms with Crippen LogP contribution in [0.1, 0.15) is 6.92 Å². The van der Waals surface area contributed by atoms with Gasteiger partial charge in [0.05, 0.1) is 7.11 Å². The number of carbonyl (C=O) groups excluding carboxylic acids is 1. The Morgan fingerprint density at radius 2 is 2.13 bits per heavy atom. The first-order valence-corrected chi connectivity index (χ1v) is 4.71. The van der Waals surface area contributed by atoms with E-state index in [0.717, 1.165) is 11.4 Å². The van der Waals surface area contributed by atoms with Gasteiger partial charge in [0.1, 0.15) is 23.7 Å². The van der Waals surface area contributed by atoms with Crippen molar-refractivity contribution in [2.75, 3.05) is 18.7 Å². The summed E-state index contributed by atoms with van der Waals surface area (Å²) in [5, 5.41) is 5.83. The number of carbonyl (C=O) groups is 1. The molecule has 0 aliphatic carbocycles. The number of Topliss-reactive ketones (excluding diaryl/α,β-unsaturated/α-hetero) is 1. The second-order valence-corrected chi connectivity index (χ2v) is 3.34. The molecule has 0 radical (unpaired) electrons. The van der Waals surface area contributed by atoms with E-state index in [1.807, 2.05) is 24.3 Å². The van der Waals surface area contributed by atoms with Gasteiger partial charge < -0.3 is 4.74 Å². The molecule has 78 valence electrons. The lowest BCUT2D eigenvalue weighted by atomic mass is 10.2. The highest BCUT2D eigenvalue weighted by Gasteiger charge is 2.22. The summed E-state index contributed by atoms with van der Waals surface area (Å²) in [6.07, 6.45) is 0. The van der Waals surface area contributed by atoms with E-state index in [1.165, 1.54) is 0 Å². The van der Waals surface area contributed by atoms with Crippen molar-refractivity contribution in [3.8, 4) is 5.75 Å². The van der Waals surface area contributed by atoms with Gasteiger partial charge in [0.15, 0.2) is 5.78 Å². The van der Waals surface area contributed by atoms with Crippen molar-refractivity contribution >= 4 is 17.2 Å². The topological polar surface area (TPSA) is 41.9 Å². The first-order chi connectivity index (χ1) is 7.22. The number of ether oxygens (including phenoxy) is 1. The Hall–Kier alpha value is -1.84. The maximum absolute atomic E-state index is 11.3. The zero-order valence-electron chi connectivity index (χ0n) is 8.73. The second-order valence-electron chi connectivity index (χ2n) is 3.34. The number of hydrazone groups is 1. The molecule has 1 aliphatic heterocycles. The minimum absolute atomic E-state index is 0.0564. The molecule has 4 heteroatoms. The van der Waals surface area contributed by atoms with Crippen LogP contribution < -0.4 is 9.75 Å². The fraction of sp³-hybridized carbons (Fsp3) is 0.273. The highest BCUT2D eigenvalue weighted by molar-refractivity contribution is 6.42. The van der Waals surface area contributed by atoms with Gasteiger partial charge in [-0.25, -0.2) is 0 Å². The van der Waals surface area contributed by atoms with Crippen molar-refractivity contribution in [2.45, 2.75) is 6.92 Å². The van der Waals surface area contributed by atoms with Crippen molar-refractivity contribution in [3.63, 3.8) is 0 Å². The van der Waals surface area contributed by atoms with Crippen LogP contribution in [0.2, 0.25) is 0 Å². The molecule has 0 amide bonds. The lowest BCUT2D eigenvalue weighted by molar-refractivity contribution is -0.111. The number of methoxy groups -OCH3 is 1. The van der Waals surface area contributed by atoms with Gasteiger partial charge in [-0.3, -0.25) is 9.80 Å². The molecule has 0 N–H and O–H groups in total. The largest absolute Gasteiger partial charge is 0.495 e. The van der Waals surface area contributed by atoms with Gasteiger partial charge in [0.2, 0.25) is 0 Å². The van der Waals surface area contributed by atoms with Crippen LogP contribution in [0.25, 0.3) is 0 Å². The van der Waals surface area contributed by atoms with E-state index in [-0.39, 0.29) is 5.78 Å². The second kappa shape index (κ2) is 3.73. The van der Waals surface area contributed by atoms with Gasteiger partial charge in [-0.05, 0) is 19.1 Å². The zero-order valence-corrected chi connectivity index (χ0v) is 8.73. The van der Waals surface area contributed by atoms with Crippen LogP contribution in [0.4, 0.5) is 5.69 Å². The molecule has 0 aromatic heterocycles. The number of hydrogen-bond acceptors (Lipinski definition) is 4. The van der Waals surface area contributed by atoms with Crippen molar-refractivity contribution in [1.29, 1.82) is 0 Å². The van der Waals surface area contributed by atoms with Crippen LogP contribution in [-0.2, 0) is 4.79 Å². The Kier molecular flexibility index (Phi) is 2.41. The predicted octanol–water partition coefficient (Wildman–Crippen LogP) is 1.46. The van der Waals surface area contributed by atoms with E-state index in [2.05, 4.69) is 5.10 Å². The van der Waals surface area contributed by atoms with Gasteiger partial charge >= 0.3 is 0 Å². The summed E-state index contributed by atoms with van der Waals surface area (Å²) in [5.74, 6) is 0.782. The number of rotatable bonds is 2. The van der Waals surface area contributed by atoms with Crippen molar-refractivity contribution in [2.24, 2.45) is 5.10 Å². The summed E-state index contributed by atoms with van der Waals surface area (Å²) in [6, 6.07) is 7.51. The maximum atomic E-state index is 11.3. The standard InChI is InChI=1S/C11H12N2O2/c1-8-10(14)7-13(12-8)9-5-3-4-6-11(9)15-2/h3-6H,7H2,1-2H3. The molecule has 0 saturated carbocycles. The molecule has 0 atom stereocenters. The molecule has 0 spiro atoms. The average Bonchev–Trinajstić information content (AvgIpc) is 2.59. The first-order valence-electron chi connectivity index (χ1n) is 4.71. The quantitative estimate of drug-likeness (QED) is 0.732. The van der Waals surface area contributed by atoms with Crippen molar-refractivity contribution in [3.05, 3.63) is 24.3 Å². The minimum atomic E-state index is 0.0564. The smallest absolute Gasteiger partial charge is 0.199 e. The Labute approximate surface area is 88.2 Å². The SMILES string of the molecule is COc1ccccc1N1CC(=O)C(C)=N1. The Morgan fingerprint density at radius 3 is 2.73 bits per heavy atom. The number of para-hydroxylation sites is 2.